The van der Waals surface area contributed by atoms with E-state index in [0.717, 1.165) is 5.56 Å². The summed E-state index contributed by atoms with van der Waals surface area (Å²) >= 11 is 0. The van der Waals surface area contributed by atoms with Crippen LogP contribution in [0.4, 0.5) is 0 Å². The molecule has 0 aliphatic heterocycles. The van der Waals surface area contributed by atoms with Crippen LogP contribution in [0.5, 0.6) is 0 Å². The largest absolute Gasteiger partial charge is 0.464 e. The first-order valence-corrected chi connectivity index (χ1v) is 4.50. The maximum atomic E-state index is 11.2. The van der Waals surface area contributed by atoms with Gasteiger partial charge in [0.05, 0.1) is 7.11 Å². The van der Waals surface area contributed by atoms with Crippen LogP contribution in [0.3, 0.4) is 0 Å². The van der Waals surface area contributed by atoms with E-state index in [2.05, 4.69) is 30.5 Å². The summed E-state index contributed by atoms with van der Waals surface area (Å²) in [5.74, 6) is -0.393. The van der Waals surface area contributed by atoms with E-state index in [4.69, 9.17) is 0 Å². The normalized spacial score (nSPS) is 11.1. The van der Waals surface area contributed by atoms with Gasteiger partial charge in [-0.2, -0.15) is 0 Å². The number of hydrogen-bond donors (Lipinski definition) is 0. The van der Waals surface area contributed by atoms with Gasteiger partial charge >= 0.3 is 5.97 Å². The number of aromatic nitrogens is 1. The van der Waals surface area contributed by atoms with E-state index in [1.54, 1.807) is 12.3 Å². The SMILES string of the molecule is COC(=O)c1cc(C(C)(C)C)ccn1. The summed E-state index contributed by atoms with van der Waals surface area (Å²) in [6.07, 6.45) is 1.63. The molecule has 0 radical (unpaired) electrons. The van der Waals surface area contributed by atoms with Gasteiger partial charge in [0.25, 0.3) is 0 Å². The molecular formula is C11H15NO2. The second-order valence-corrected chi connectivity index (χ2v) is 4.17. The van der Waals surface area contributed by atoms with Gasteiger partial charge in [-0.25, -0.2) is 9.78 Å². The van der Waals surface area contributed by atoms with Crippen molar-refractivity contribution in [1.82, 2.24) is 4.98 Å². The Bertz CT molecular complexity index is 339. The van der Waals surface area contributed by atoms with Gasteiger partial charge in [0.2, 0.25) is 0 Å². The zero-order chi connectivity index (χ0) is 10.8. The van der Waals surface area contributed by atoms with Gasteiger partial charge in [0.15, 0.2) is 0 Å². The van der Waals surface area contributed by atoms with Crippen LogP contribution in [0.1, 0.15) is 36.8 Å². The third kappa shape index (κ3) is 2.31. The second-order valence-electron chi connectivity index (χ2n) is 4.17. The minimum Gasteiger partial charge on any atom is -0.464 e. The monoisotopic (exact) mass is 193 g/mol. The molecule has 3 heteroatoms. The molecule has 0 saturated heterocycles. The van der Waals surface area contributed by atoms with E-state index in [1.165, 1.54) is 7.11 Å². The maximum Gasteiger partial charge on any atom is 0.356 e. The van der Waals surface area contributed by atoms with Crippen molar-refractivity contribution in [2.24, 2.45) is 0 Å². The van der Waals surface area contributed by atoms with E-state index in [9.17, 15) is 4.79 Å². The minimum absolute atomic E-state index is 0.0196. The first kappa shape index (κ1) is 10.7. The molecule has 0 unspecified atom stereocenters. The van der Waals surface area contributed by atoms with E-state index in [1.807, 2.05) is 6.07 Å². The Hall–Kier alpha value is -1.38. The van der Waals surface area contributed by atoms with Gasteiger partial charge in [0.1, 0.15) is 5.69 Å². The van der Waals surface area contributed by atoms with Gasteiger partial charge in [0, 0.05) is 6.20 Å². The van der Waals surface area contributed by atoms with Gasteiger partial charge in [-0.05, 0) is 23.1 Å². The molecular weight excluding hydrogens is 178 g/mol. The molecule has 0 aliphatic rings. The molecule has 1 aromatic heterocycles. The topological polar surface area (TPSA) is 39.2 Å². The Kier molecular flexibility index (Phi) is 2.89. The van der Waals surface area contributed by atoms with Crippen LogP contribution in [0.25, 0.3) is 0 Å². The lowest BCUT2D eigenvalue weighted by molar-refractivity contribution is 0.0594. The number of methoxy groups -OCH3 is 1. The Balaban J connectivity index is 3.08. The van der Waals surface area contributed by atoms with Crippen molar-refractivity contribution in [1.29, 1.82) is 0 Å². The number of carbonyl (C=O) groups is 1. The summed E-state index contributed by atoms with van der Waals surface area (Å²) in [6.45, 7) is 6.26. The number of ether oxygens (including phenoxy) is 1. The molecule has 0 aliphatic carbocycles. The van der Waals surface area contributed by atoms with Crippen LogP contribution < -0.4 is 0 Å². The lowest BCUT2D eigenvalue weighted by atomic mass is 9.87. The van der Waals surface area contributed by atoms with Crippen LogP contribution in [0.2, 0.25) is 0 Å². The number of rotatable bonds is 1. The third-order valence-corrected chi connectivity index (χ3v) is 2.02. The first-order chi connectivity index (χ1) is 6.45. The van der Waals surface area contributed by atoms with Crippen molar-refractivity contribution < 1.29 is 9.53 Å². The highest BCUT2D eigenvalue weighted by atomic mass is 16.5. The summed E-state index contributed by atoms with van der Waals surface area (Å²) in [4.78, 5) is 15.2. The second kappa shape index (κ2) is 3.78. The number of carbonyl (C=O) groups excluding carboxylic acids is 1. The summed E-state index contributed by atoms with van der Waals surface area (Å²) in [5, 5.41) is 0. The van der Waals surface area contributed by atoms with Crippen LogP contribution >= 0.6 is 0 Å². The highest BCUT2D eigenvalue weighted by Crippen LogP contribution is 2.21. The van der Waals surface area contributed by atoms with Gasteiger partial charge in [-0.1, -0.05) is 20.8 Å². The average molecular weight is 193 g/mol. The van der Waals surface area contributed by atoms with Crippen LogP contribution in [-0.4, -0.2) is 18.1 Å². The summed E-state index contributed by atoms with van der Waals surface area (Å²) < 4.78 is 4.60. The standard InChI is InChI=1S/C11H15NO2/c1-11(2,3)8-5-6-12-9(7-8)10(13)14-4/h5-7H,1-4H3. The van der Waals surface area contributed by atoms with E-state index >= 15 is 0 Å². The molecule has 0 aromatic carbocycles. The quantitative estimate of drug-likeness (QED) is 0.641. The Morgan fingerprint density at radius 3 is 2.57 bits per heavy atom. The highest BCUT2D eigenvalue weighted by Gasteiger charge is 2.16. The lowest BCUT2D eigenvalue weighted by Crippen LogP contribution is -2.13. The van der Waals surface area contributed by atoms with Crippen molar-refractivity contribution in [3.05, 3.63) is 29.6 Å². The van der Waals surface area contributed by atoms with E-state index < -0.39 is 5.97 Å². The molecule has 1 rings (SSSR count). The van der Waals surface area contributed by atoms with Crippen LogP contribution in [0, 0.1) is 0 Å². The molecule has 0 saturated carbocycles. The molecule has 0 bridgehead atoms. The van der Waals surface area contributed by atoms with Gasteiger partial charge in [-0.15, -0.1) is 0 Å². The van der Waals surface area contributed by atoms with Crippen molar-refractivity contribution >= 4 is 5.97 Å². The fraction of sp³-hybridized carbons (Fsp3) is 0.455. The van der Waals surface area contributed by atoms with Crippen molar-refractivity contribution in [3.63, 3.8) is 0 Å². The third-order valence-electron chi connectivity index (χ3n) is 2.02. The molecule has 14 heavy (non-hydrogen) atoms. The summed E-state index contributed by atoms with van der Waals surface area (Å²) in [7, 11) is 1.35. The van der Waals surface area contributed by atoms with Crippen LogP contribution in [0.15, 0.2) is 18.3 Å². The molecule has 76 valence electrons. The fourth-order valence-electron chi connectivity index (χ4n) is 1.11. The molecule has 1 heterocycles. The smallest absolute Gasteiger partial charge is 0.356 e. The minimum atomic E-state index is -0.393. The zero-order valence-corrected chi connectivity index (χ0v) is 9.00. The lowest BCUT2D eigenvalue weighted by Gasteiger charge is -2.18. The molecule has 0 N–H and O–H groups in total. The molecule has 0 spiro atoms. The number of nitrogens with zero attached hydrogens (tertiary/aromatic N) is 1. The average Bonchev–Trinajstić information content (AvgIpc) is 2.15. The van der Waals surface area contributed by atoms with E-state index in [0.29, 0.717) is 5.69 Å². The summed E-state index contributed by atoms with van der Waals surface area (Å²) in [5.41, 5.74) is 1.46. The Morgan fingerprint density at radius 2 is 2.07 bits per heavy atom. The number of hydrogen-bond acceptors (Lipinski definition) is 3. The van der Waals surface area contributed by atoms with Gasteiger partial charge < -0.3 is 4.74 Å². The van der Waals surface area contributed by atoms with Crippen LogP contribution in [-0.2, 0) is 10.2 Å². The molecule has 0 atom stereocenters. The number of esters is 1. The van der Waals surface area contributed by atoms with Crippen molar-refractivity contribution in [2.45, 2.75) is 26.2 Å². The van der Waals surface area contributed by atoms with E-state index in [-0.39, 0.29) is 5.41 Å². The fourth-order valence-corrected chi connectivity index (χ4v) is 1.11. The molecule has 3 nitrogen and oxygen atoms in total. The molecule has 1 aromatic rings. The predicted octanol–water partition coefficient (Wildman–Crippen LogP) is 2.17. The van der Waals surface area contributed by atoms with Gasteiger partial charge in [-0.3, -0.25) is 0 Å². The number of pyridine rings is 1. The summed E-state index contributed by atoms with van der Waals surface area (Å²) in [6, 6.07) is 3.68. The Morgan fingerprint density at radius 1 is 1.43 bits per heavy atom. The predicted molar refractivity (Wildman–Crippen MR) is 54.3 cm³/mol. The zero-order valence-electron chi connectivity index (χ0n) is 9.00. The Labute approximate surface area is 84.1 Å². The molecule has 0 amide bonds. The molecule has 0 fully saturated rings. The first-order valence-electron chi connectivity index (χ1n) is 4.50. The van der Waals surface area contributed by atoms with Crippen molar-refractivity contribution in [3.8, 4) is 0 Å². The highest BCUT2D eigenvalue weighted by molar-refractivity contribution is 5.87. The van der Waals surface area contributed by atoms with Crippen molar-refractivity contribution in [2.75, 3.05) is 7.11 Å². The maximum absolute atomic E-state index is 11.2.